The molecule has 2 aromatic carbocycles. The maximum atomic E-state index is 12.1. The second kappa shape index (κ2) is 6.67. The van der Waals surface area contributed by atoms with Crippen molar-refractivity contribution in [3.8, 4) is 17.3 Å². The molecule has 3 rings (SSSR count). The molecule has 0 saturated carbocycles. The van der Waals surface area contributed by atoms with Gasteiger partial charge in [0.1, 0.15) is 6.07 Å². The van der Waals surface area contributed by atoms with Gasteiger partial charge in [0, 0.05) is 13.1 Å². The van der Waals surface area contributed by atoms with E-state index in [-0.39, 0.29) is 0 Å². The van der Waals surface area contributed by atoms with E-state index in [1.54, 1.807) is 35.0 Å². The quantitative estimate of drug-likeness (QED) is 0.774. The molecular weight excluding hydrogens is 302 g/mol. The van der Waals surface area contributed by atoms with Crippen molar-refractivity contribution in [2.75, 3.05) is 10.6 Å². The highest BCUT2D eigenvalue weighted by atomic mass is 16.2. The molecule has 0 fully saturated rings. The third kappa shape index (κ3) is 3.25. The minimum atomic E-state index is -0.449. The van der Waals surface area contributed by atoms with Crippen molar-refractivity contribution in [3.05, 3.63) is 66.2 Å². The summed E-state index contributed by atoms with van der Waals surface area (Å²) in [4.78, 5) is 12.1. The normalized spacial score (nSPS) is 10.0. The second-order valence-electron chi connectivity index (χ2n) is 5.14. The number of hydrogen-bond acceptors (Lipinski definition) is 3. The van der Waals surface area contributed by atoms with Crippen LogP contribution in [0.25, 0.3) is 11.3 Å². The number of nitrogens with zero attached hydrogens (tertiary/aromatic N) is 3. The van der Waals surface area contributed by atoms with E-state index in [9.17, 15) is 4.79 Å². The molecule has 0 spiro atoms. The van der Waals surface area contributed by atoms with E-state index in [4.69, 9.17) is 5.26 Å². The van der Waals surface area contributed by atoms with Crippen molar-refractivity contribution in [1.29, 1.82) is 5.26 Å². The summed E-state index contributed by atoms with van der Waals surface area (Å²) in [5.41, 5.74) is 2.76. The zero-order valence-corrected chi connectivity index (χ0v) is 13.0. The minimum Gasteiger partial charge on any atom is -0.306 e. The summed E-state index contributed by atoms with van der Waals surface area (Å²) in [6.07, 6.45) is 0. The SMILES string of the molecule is Cn1nc(NC(=O)Nc2ccccc2C#N)cc1-c1ccccc1. The van der Waals surface area contributed by atoms with Crippen LogP contribution in [0.2, 0.25) is 0 Å². The van der Waals surface area contributed by atoms with Gasteiger partial charge in [-0.2, -0.15) is 10.4 Å². The average Bonchev–Trinajstić information content (AvgIpc) is 2.96. The lowest BCUT2D eigenvalue weighted by atomic mass is 10.1. The number of carbonyl (C=O) groups is 1. The standard InChI is InChI=1S/C18H15N5O/c1-23-16(13-7-3-2-4-8-13)11-17(22-23)21-18(24)20-15-10-6-5-9-14(15)12-19/h2-11H,1H3,(H2,20,21,22,24). The highest BCUT2D eigenvalue weighted by Gasteiger charge is 2.11. The Morgan fingerprint density at radius 2 is 1.79 bits per heavy atom. The van der Waals surface area contributed by atoms with Crippen LogP contribution in [0.3, 0.4) is 0 Å². The summed E-state index contributed by atoms with van der Waals surface area (Å²) in [6.45, 7) is 0. The van der Waals surface area contributed by atoms with Gasteiger partial charge in [-0.3, -0.25) is 10.00 Å². The smallest absolute Gasteiger partial charge is 0.306 e. The van der Waals surface area contributed by atoms with E-state index in [0.717, 1.165) is 11.3 Å². The first-order valence-corrected chi connectivity index (χ1v) is 7.34. The van der Waals surface area contributed by atoms with Gasteiger partial charge in [-0.15, -0.1) is 0 Å². The predicted molar refractivity (Wildman–Crippen MR) is 92.4 cm³/mol. The van der Waals surface area contributed by atoms with Crippen LogP contribution in [0.15, 0.2) is 60.7 Å². The van der Waals surface area contributed by atoms with E-state index in [1.165, 1.54) is 0 Å². The number of anilines is 2. The molecule has 2 amide bonds. The van der Waals surface area contributed by atoms with Crippen LogP contribution in [0.1, 0.15) is 5.56 Å². The topological polar surface area (TPSA) is 82.7 Å². The average molecular weight is 317 g/mol. The number of rotatable bonds is 3. The van der Waals surface area contributed by atoms with Gasteiger partial charge < -0.3 is 5.32 Å². The van der Waals surface area contributed by atoms with Crippen LogP contribution >= 0.6 is 0 Å². The molecular formula is C18H15N5O. The Morgan fingerprint density at radius 3 is 2.54 bits per heavy atom. The zero-order valence-electron chi connectivity index (χ0n) is 13.0. The molecule has 0 aliphatic rings. The molecule has 24 heavy (non-hydrogen) atoms. The summed E-state index contributed by atoms with van der Waals surface area (Å²) in [7, 11) is 1.82. The van der Waals surface area contributed by atoms with Gasteiger partial charge in [0.2, 0.25) is 0 Å². The molecule has 118 valence electrons. The van der Waals surface area contributed by atoms with Gasteiger partial charge in [0.05, 0.1) is 16.9 Å². The Balaban J connectivity index is 1.75. The van der Waals surface area contributed by atoms with Crippen LogP contribution in [0.4, 0.5) is 16.3 Å². The number of nitrogens with one attached hydrogen (secondary N) is 2. The molecule has 0 unspecified atom stereocenters. The van der Waals surface area contributed by atoms with E-state index >= 15 is 0 Å². The van der Waals surface area contributed by atoms with Gasteiger partial charge in [-0.05, 0) is 17.7 Å². The summed E-state index contributed by atoms with van der Waals surface area (Å²) >= 11 is 0. The number of aromatic nitrogens is 2. The predicted octanol–water partition coefficient (Wildman–Crippen LogP) is 3.60. The van der Waals surface area contributed by atoms with Gasteiger partial charge >= 0.3 is 6.03 Å². The Labute approximate surface area is 139 Å². The van der Waals surface area contributed by atoms with Crippen LogP contribution in [-0.4, -0.2) is 15.8 Å². The molecule has 3 aromatic rings. The molecule has 0 aliphatic carbocycles. The Bertz CT molecular complexity index is 909. The van der Waals surface area contributed by atoms with Gasteiger partial charge in [0.25, 0.3) is 0 Å². The third-order valence-corrected chi connectivity index (χ3v) is 3.49. The van der Waals surface area contributed by atoms with Crippen LogP contribution in [-0.2, 0) is 7.05 Å². The Morgan fingerprint density at radius 1 is 1.08 bits per heavy atom. The van der Waals surface area contributed by atoms with Crippen LogP contribution < -0.4 is 10.6 Å². The maximum Gasteiger partial charge on any atom is 0.324 e. The number of benzene rings is 2. The second-order valence-corrected chi connectivity index (χ2v) is 5.14. The molecule has 0 bridgehead atoms. The van der Waals surface area contributed by atoms with Crippen molar-refractivity contribution in [1.82, 2.24) is 9.78 Å². The summed E-state index contributed by atoms with van der Waals surface area (Å²) in [6, 6.07) is 20.0. The van der Waals surface area contributed by atoms with Gasteiger partial charge in [-0.25, -0.2) is 4.79 Å². The highest BCUT2D eigenvalue weighted by Crippen LogP contribution is 2.22. The first-order chi connectivity index (χ1) is 11.7. The minimum absolute atomic E-state index is 0.402. The van der Waals surface area contributed by atoms with Crippen molar-refractivity contribution >= 4 is 17.5 Å². The van der Waals surface area contributed by atoms with Crippen molar-refractivity contribution in [3.63, 3.8) is 0 Å². The zero-order chi connectivity index (χ0) is 16.9. The van der Waals surface area contributed by atoms with E-state index in [2.05, 4.69) is 15.7 Å². The first kappa shape index (κ1) is 15.3. The maximum absolute atomic E-state index is 12.1. The van der Waals surface area contributed by atoms with Crippen molar-refractivity contribution in [2.24, 2.45) is 7.05 Å². The van der Waals surface area contributed by atoms with E-state index < -0.39 is 6.03 Å². The Kier molecular flexibility index (Phi) is 4.25. The molecule has 6 heteroatoms. The molecule has 0 atom stereocenters. The molecule has 0 radical (unpaired) electrons. The molecule has 0 aliphatic heterocycles. The van der Waals surface area contributed by atoms with E-state index in [0.29, 0.717) is 17.1 Å². The summed E-state index contributed by atoms with van der Waals surface area (Å²) < 4.78 is 1.70. The van der Waals surface area contributed by atoms with Gasteiger partial charge in [-0.1, -0.05) is 42.5 Å². The fourth-order valence-electron chi connectivity index (χ4n) is 2.37. The molecule has 6 nitrogen and oxygen atoms in total. The number of urea groups is 1. The fraction of sp³-hybridized carbons (Fsp3) is 0.0556. The lowest BCUT2D eigenvalue weighted by Crippen LogP contribution is -2.20. The number of carbonyl (C=O) groups excluding carboxylic acids is 1. The Hall–Kier alpha value is -3.59. The number of aryl methyl sites for hydroxylation is 1. The van der Waals surface area contributed by atoms with Crippen LogP contribution in [0.5, 0.6) is 0 Å². The molecule has 1 aromatic heterocycles. The number of nitriles is 1. The largest absolute Gasteiger partial charge is 0.324 e. The molecule has 2 N–H and O–H groups in total. The lowest BCUT2D eigenvalue weighted by Gasteiger charge is -2.06. The first-order valence-electron chi connectivity index (χ1n) is 7.34. The summed E-state index contributed by atoms with van der Waals surface area (Å²) in [5, 5.41) is 18.7. The number of amides is 2. The molecule has 0 saturated heterocycles. The number of para-hydroxylation sites is 1. The summed E-state index contributed by atoms with van der Waals surface area (Å²) in [5.74, 6) is 0.434. The number of hydrogen-bond donors (Lipinski definition) is 2. The van der Waals surface area contributed by atoms with Crippen molar-refractivity contribution < 1.29 is 4.79 Å². The van der Waals surface area contributed by atoms with Crippen molar-refractivity contribution in [2.45, 2.75) is 0 Å². The van der Waals surface area contributed by atoms with Gasteiger partial charge in [0.15, 0.2) is 5.82 Å². The highest BCUT2D eigenvalue weighted by molar-refractivity contribution is 6.00. The van der Waals surface area contributed by atoms with Crippen LogP contribution in [0, 0.1) is 11.3 Å². The fourth-order valence-corrected chi connectivity index (χ4v) is 2.37. The monoisotopic (exact) mass is 317 g/mol. The third-order valence-electron chi connectivity index (χ3n) is 3.49. The lowest BCUT2D eigenvalue weighted by molar-refractivity contribution is 0.262. The van der Waals surface area contributed by atoms with E-state index in [1.807, 2.05) is 43.4 Å². The molecule has 1 heterocycles.